The van der Waals surface area contributed by atoms with Crippen LogP contribution in [0.1, 0.15) is 38.1 Å². The van der Waals surface area contributed by atoms with Gasteiger partial charge < -0.3 is 4.98 Å². The Bertz CT molecular complexity index is 595. The maximum atomic E-state index is 12.0. The van der Waals surface area contributed by atoms with Crippen molar-refractivity contribution in [1.29, 1.82) is 0 Å². The van der Waals surface area contributed by atoms with Gasteiger partial charge in [-0.15, -0.1) is 0 Å². The summed E-state index contributed by atoms with van der Waals surface area (Å²) in [5, 5.41) is 0.432. The Labute approximate surface area is 104 Å². The Hall–Kier alpha value is -1.29. The predicted octanol–water partition coefficient (Wildman–Crippen LogP) is 2.88. The van der Waals surface area contributed by atoms with Gasteiger partial charge in [0.1, 0.15) is 5.15 Å². The molecular formula is C12H14ClN3O. The van der Waals surface area contributed by atoms with Crippen molar-refractivity contribution in [1.82, 2.24) is 14.5 Å². The van der Waals surface area contributed by atoms with Gasteiger partial charge in [0.15, 0.2) is 0 Å². The Morgan fingerprint density at radius 1 is 1.35 bits per heavy atom. The van der Waals surface area contributed by atoms with Crippen LogP contribution in [0.3, 0.4) is 0 Å². The number of hydrogen-bond acceptors (Lipinski definition) is 2. The number of H-pyrrole nitrogens is 1. The molecule has 0 atom stereocenters. The number of imidazole rings is 1. The Morgan fingerprint density at radius 2 is 2.12 bits per heavy atom. The molecule has 0 saturated heterocycles. The van der Waals surface area contributed by atoms with Crippen molar-refractivity contribution in [2.75, 3.05) is 0 Å². The van der Waals surface area contributed by atoms with Crippen LogP contribution in [0.5, 0.6) is 0 Å². The Balaban J connectivity index is 2.16. The fourth-order valence-corrected chi connectivity index (χ4v) is 2.85. The molecule has 5 heteroatoms. The number of halogens is 1. The van der Waals surface area contributed by atoms with Crippen LogP contribution in [0.2, 0.25) is 5.15 Å². The monoisotopic (exact) mass is 251 g/mol. The van der Waals surface area contributed by atoms with Gasteiger partial charge >= 0.3 is 5.69 Å². The summed E-state index contributed by atoms with van der Waals surface area (Å²) in [7, 11) is 0. The molecule has 1 fully saturated rings. The van der Waals surface area contributed by atoms with Crippen LogP contribution in [0.15, 0.2) is 17.1 Å². The smallest absolute Gasteiger partial charge is 0.304 e. The van der Waals surface area contributed by atoms with Crippen molar-refractivity contribution >= 4 is 22.6 Å². The number of aromatic nitrogens is 3. The lowest BCUT2D eigenvalue weighted by molar-refractivity contribution is 0.353. The van der Waals surface area contributed by atoms with Crippen LogP contribution in [-0.4, -0.2) is 14.5 Å². The topological polar surface area (TPSA) is 50.7 Å². The summed E-state index contributed by atoms with van der Waals surface area (Å²) < 4.78 is 1.85. The molecule has 0 spiro atoms. The van der Waals surface area contributed by atoms with Gasteiger partial charge in [-0.2, -0.15) is 0 Å². The van der Waals surface area contributed by atoms with Gasteiger partial charge in [0.05, 0.1) is 17.2 Å². The molecule has 0 amide bonds. The highest BCUT2D eigenvalue weighted by molar-refractivity contribution is 6.29. The van der Waals surface area contributed by atoms with E-state index in [9.17, 15) is 4.79 Å². The van der Waals surface area contributed by atoms with E-state index in [-0.39, 0.29) is 5.69 Å². The number of fused-ring (bicyclic) bond motifs is 1. The van der Waals surface area contributed by atoms with Crippen molar-refractivity contribution in [2.45, 2.75) is 38.1 Å². The highest BCUT2D eigenvalue weighted by atomic mass is 35.5. The molecule has 0 unspecified atom stereocenters. The third kappa shape index (κ3) is 1.86. The van der Waals surface area contributed by atoms with Gasteiger partial charge in [-0.1, -0.05) is 30.9 Å². The quantitative estimate of drug-likeness (QED) is 0.793. The minimum Gasteiger partial charge on any atom is -0.304 e. The first-order chi connectivity index (χ1) is 8.25. The summed E-state index contributed by atoms with van der Waals surface area (Å²) in [5.74, 6) is 0. The van der Waals surface area contributed by atoms with Crippen molar-refractivity contribution in [3.63, 3.8) is 0 Å². The molecule has 90 valence electrons. The van der Waals surface area contributed by atoms with E-state index in [0.717, 1.165) is 23.9 Å². The molecule has 2 aromatic rings. The molecule has 0 aromatic carbocycles. The second kappa shape index (κ2) is 4.18. The van der Waals surface area contributed by atoms with E-state index in [1.807, 2.05) is 4.57 Å². The lowest BCUT2D eigenvalue weighted by atomic mass is 9.95. The fourth-order valence-electron chi connectivity index (χ4n) is 2.70. The Kier molecular flexibility index (Phi) is 2.67. The second-order valence-corrected chi connectivity index (χ2v) is 5.00. The molecule has 0 bridgehead atoms. The average molecular weight is 252 g/mol. The first kappa shape index (κ1) is 10.8. The number of aromatic amines is 1. The van der Waals surface area contributed by atoms with E-state index in [1.165, 1.54) is 19.3 Å². The molecule has 0 radical (unpaired) electrons. The zero-order valence-corrected chi connectivity index (χ0v) is 10.2. The van der Waals surface area contributed by atoms with Crippen LogP contribution in [-0.2, 0) is 0 Å². The third-order valence-corrected chi connectivity index (χ3v) is 3.72. The van der Waals surface area contributed by atoms with E-state index in [1.54, 1.807) is 12.3 Å². The van der Waals surface area contributed by atoms with E-state index in [2.05, 4.69) is 9.97 Å². The zero-order valence-electron chi connectivity index (χ0n) is 9.45. The lowest BCUT2D eigenvalue weighted by Gasteiger charge is -2.22. The van der Waals surface area contributed by atoms with Crippen LogP contribution in [0.25, 0.3) is 11.0 Å². The minimum absolute atomic E-state index is 0.0454. The molecule has 1 aliphatic carbocycles. The number of pyridine rings is 1. The molecule has 3 rings (SSSR count). The summed E-state index contributed by atoms with van der Waals surface area (Å²) in [6.45, 7) is 0. The maximum absolute atomic E-state index is 12.0. The number of nitrogens with one attached hydrogen (secondary N) is 1. The zero-order chi connectivity index (χ0) is 11.8. The van der Waals surface area contributed by atoms with Crippen molar-refractivity contribution in [3.05, 3.63) is 27.9 Å². The molecule has 1 N–H and O–H groups in total. The third-order valence-electron chi connectivity index (χ3n) is 3.51. The standard InChI is InChI=1S/C12H14ClN3O/c13-11-6-10-9(7-14-11)15-12(17)16(10)8-4-2-1-3-5-8/h6-8H,1-5H2,(H,15,17). The largest absolute Gasteiger partial charge is 0.326 e. The van der Waals surface area contributed by atoms with E-state index >= 15 is 0 Å². The van der Waals surface area contributed by atoms with E-state index < -0.39 is 0 Å². The van der Waals surface area contributed by atoms with Crippen molar-refractivity contribution < 1.29 is 0 Å². The SMILES string of the molecule is O=c1[nH]c2cnc(Cl)cc2n1C1CCCCC1. The fraction of sp³-hybridized carbons (Fsp3) is 0.500. The molecule has 17 heavy (non-hydrogen) atoms. The van der Waals surface area contributed by atoms with Crippen LogP contribution < -0.4 is 5.69 Å². The Morgan fingerprint density at radius 3 is 2.88 bits per heavy atom. The molecule has 0 aliphatic heterocycles. The predicted molar refractivity (Wildman–Crippen MR) is 67.5 cm³/mol. The maximum Gasteiger partial charge on any atom is 0.326 e. The summed E-state index contributed by atoms with van der Waals surface area (Å²) in [6, 6.07) is 2.08. The summed E-state index contributed by atoms with van der Waals surface area (Å²) in [6.07, 6.45) is 7.44. The molecule has 1 aliphatic rings. The molecule has 2 heterocycles. The first-order valence-electron chi connectivity index (χ1n) is 6.01. The minimum atomic E-state index is -0.0454. The molecular weight excluding hydrogens is 238 g/mol. The molecule has 2 aromatic heterocycles. The second-order valence-electron chi connectivity index (χ2n) is 4.62. The highest BCUT2D eigenvalue weighted by Gasteiger charge is 2.19. The van der Waals surface area contributed by atoms with Crippen molar-refractivity contribution in [2.24, 2.45) is 0 Å². The normalized spacial score (nSPS) is 17.7. The van der Waals surface area contributed by atoms with Crippen LogP contribution >= 0.6 is 11.6 Å². The van der Waals surface area contributed by atoms with Crippen LogP contribution in [0.4, 0.5) is 0 Å². The number of rotatable bonds is 1. The number of nitrogens with zero attached hydrogens (tertiary/aromatic N) is 2. The average Bonchev–Trinajstić information content (AvgIpc) is 2.65. The summed E-state index contributed by atoms with van der Waals surface area (Å²) >= 11 is 5.90. The summed E-state index contributed by atoms with van der Waals surface area (Å²) in [4.78, 5) is 18.8. The first-order valence-corrected chi connectivity index (χ1v) is 6.39. The van der Waals surface area contributed by atoms with E-state index in [4.69, 9.17) is 11.6 Å². The van der Waals surface area contributed by atoms with Gasteiger partial charge in [0.2, 0.25) is 0 Å². The van der Waals surface area contributed by atoms with Crippen molar-refractivity contribution in [3.8, 4) is 0 Å². The van der Waals surface area contributed by atoms with Crippen LogP contribution in [0, 0.1) is 0 Å². The van der Waals surface area contributed by atoms with E-state index in [0.29, 0.717) is 11.2 Å². The van der Waals surface area contributed by atoms with Gasteiger partial charge in [-0.25, -0.2) is 9.78 Å². The number of hydrogen-bond donors (Lipinski definition) is 1. The molecule has 1 saturated carbocycles. The van der Waals surface area contributed by atoms with Gasteiger partial charge in [0, 0.05) is 12.1 Å². The van der Waals surface area contributed by atoms with Gasteiger partial charge in [-0.3, -0.25) is 4.57 Å². The summed E-state index contributed by atoms with van der Waals surface area (Å²) in [5.41, 5.74) is 1.60. The molecule has 4 nitrogen and oxygen atoms in total. The highest BCUT2D eigenvalue weighted by Crippen LogP contribution is 2.29. The lowest BCUT2D eigenvalue weighted by Crippen LogP contribution is -2.23. The van der Waals surface area contributed by atoms with Gasteiger partial charge in [-0.05, 0) is 12.8 Å². The van der Waals surface area contributed by atoms with Gasteiger partial charge in [0.25, 0.3) is 0 Å².